The number of esters is 1. The zero-order chi connectivity index (χ0) is 20.6. The Morgan fingerprint density at radius 3 is 2.48 bits per heavy atom. The van der Waals surface area contributed by atoms with Gasteiger partial charge < -0.3 is 19.5 Å². The van der Waals surface area contributed by atoms with Gasteiger partial charge in [-0.05, 0) is 42.3 Å². The maximum Gasteiger partial charge on any atom is 0.337 e. The van der Waals surface area contributed by atoms with Crippen molar-refractivity contribution in [2.45, 2.75) is 19.0 Å². The Balaban J connectivity index is 1.56. The molecule has 4 rings (SSSR count). The van der Waals surface area contributed by atoms with Crippen LogP contribution >= 0.6 is 0 Å². The van der Waals surface area contributed by atoms with Gasteiger partial charge >= 0.3 is 12.0 Å². The lowest BCUT2D eigenvalue weighted by Gasteiger charge is -2.25. The summed E-state index contributed by atoms with van der Waals surface area (Å²) < 4.78 is 15.8. The van der Waals surface area contributed by atoms with Crippen LogP contribution in [0.3, 0.4) is 0 Å². The standard InChI is InChI=1S/C21H20N2O6/c1-21(15-7-8-16-17(11-15)29-10-9-28-16)19(25)23(20(26)22-21)12-13-3-5-14(6-4-13)18(24)27-2/h3-8,11H,9-10,12H2,1-2H3,(H,22,26)/t21-/m1/s1. The van der Waals surface area contributed by atoms with Gasteiger partial charge in [0.15, 0.2) is 11.5 Å². The number of methoxy groups -OCH3 is 1. The van der Waals surface area contributed by atoms with Gasteiger partial charge in [0.25, 0.3) is 5.91 Å². The maximum absolute atomic E-state index is 13.1. The van der Waals surface area contributed by atoms with Gasteiger partial charge in [-0.15, -0.1) is 0 Å². The fourth-order valence-electron chi connectivity index (χ4n) is 3.44. The van der Waals surface area contributed by atoms with E-state index in [0.29, 0.717) is 41.4 Å². The highest BCUT2D eigenvalue weighted by Gasteiger charge is 2.49. The van der Waals surface area contributed by atoms with Crippen molar-refractivity contribution in [1.29, 1.82) is 0 Å². The number of carbonyl (C=O) groups is 3. The van der Waals surface area contributed by atoms with Gasteiger partial charge in [-0.3, -0.25) is 9.69 Å². The molecule has 29 heavy (non-hydrogen) atoms. The molecule has 0 aliphatic carbocycles. The van der Waals surface area contributed by atoms with E-state index in [-0.39, 0.29) is 12.5 Å². The van der Waals surface area contributed by atoms with E-state index in [1.54, 1.807) is 49.4 Å². The molecule has 2 heterocycles. The first kappa shape index (κ1) is 18.8. The second-order valence-corrected chi connectivity index (χ2v) is 6.99. The van der Waals surface area contributed by atoms with Gasteiger partial charge in [-0.25, -0.2) is 9.59 Å². The van der Waals surface area contributed by atoms with E-state index in [1.807, 2.05) is 0 Å². The number of hydrogen-bond acceptors (Lipinski definition) is 6. The average Bonchev–Trinajstić information content (AvgIpc) is 2.97. The third kappa shape index (κ3) is 3.26. The lowest BCUT2D eigenvalue weighted by atomic mass is 9.91. The lowest BCUT2D eigenvalue weighted by molar-refractivity contribution is -0.131. The summed E-state index contributed by atoms with van der Waals surface area (Å²) in [5.74, 6) is 0.353. The fraction of sp³-hybridized carbons (Fsp3) is 0.286. The van der Waals surface area contributed by atoms with E-state index in [1.165, 1.54) is 7.11 Å². The number of amides is 3. The van der Waals surface area contributed by atoms with Gasteiger partial charge in [0, 0.05) is 0 Å². The number of rotatable bonds is 4. The molecule has 0 spiro atoms. The number of fused-ring (bicyclic) bond motifs is 1. The molecule has 0 unspecified atom stereocenters. The Morgan fingerprint density at radius 1 is 1.10 bits per heavy atom. The summed E-state index contributed by atoms with van der Waals surface area (Å²) in [5.41, 5.74) is 0.518. The van der Waals surface area contributed by atoms with E-state index in [0.717, 1.165) is 4.90 Å². The predicted molar refractivity (Wildman–Crippen MR) is 102 cm³/mol. The van der Waals surface area contributed by atoms with E-state index in [2.05, 4.69) is 10.1 Å². The largest absolute Gasteiger partial charge is 0.486 e. The van der Waals surface area contributed by atoms with Crippen molar-refractivity contribution in [3.8, 4) is 11.5 Å². The lowest BCUT2D eigenvalue weighted by Crippen LogP contribution is -2.41. The van der Waals surface area contributed by atoms with E-state index in [4.69, 9.17) is 9.47 Å². The Hall–Kier alpha value is -3.55. The first-order chi connectivity index (χ1) is 13.9. The molecule has 2 aromatic carbocycles. The minimum atomic E-state index is -1.21. The van der Waals surface area contributed by atoms with Crippen LogP contribution in [-0.4, -0.2) is 43.1 Å². The van der Waals surface area contributed by atoms with Crippen molar-refractivity contribution < 1.29 is 28.6 Å². The van der Waals surface area contributed by atoms with Gasteiger partial charge in [0.05, 0.1) is 19.2 Å². The fourth-order valence-corrected chi connectivity index (χ4v) is 3.44. The number of imide groups is 1. The second kappa shape index (κ2) is 7.12. The summed E-state index contributed by atoms with van der Waals surface area (Å²) in [7, 11) is 1.31. The average molecular weight is 396 g/mol. The Labute approximate surface area is 167 Å². The van der Waals surface area contributed by atoms with E-state index >= 15 is 0 Å². The molecule has 2 aromatic rings. The van der Waals surface area contributed by atoms with Crippen molar-refractivity contribution in [3.05, 3.63) is 59.2 Å². The Kier molecular flexibility index (Phi) is 4.62. The number of benzene rings is 2. The zero-order valence-electron chi connectivity index (χ0n) is 16.1. The van der Waals surface area contributed by atoms with Crippen molar-refractivity contribution in [2.75, 3.05) is 20.3 Å². The van der Waals surface area contributed by atoms with Crippen molar-refractivity contribution in [1.82, 2.24) is 10.2 Å². The maximum atomic E-state index is 13.1. The summed E-state index contributed by atoms with van der Waals surface area (Å²) in [6.45, 7) is 2.66. The normalized spacial score (nSPS) is 20.4. The highest BCUT2D eigenvalue weighted by Crippen LogP contribution is 2.37. The Morgan fingerprint density at radius 2 is 1.79 bits per heavy atom. The van der Waals surface area contributed by atoms with Crippen molar-refractivity contribution in [2.24, 2.45) is 0 Å². The number of urea groups is 1. The molecule has 1 atom stereocenters. The summed E-state index contributed by atoms with van der Waals surface area (Å²) in [6.07, 6.45) is 0. The molecule has 2 aliphatic rings. The van der Waals surface area contributed by atoms with Gasteiger partial charge in [0.1, 0.15) is 18.8 Å². The third-order valence-electron chi connectivity index (χ3n) is 5.11. The van der Waals surface area contributed by atoms with Crippen LogP contribution in [0.5, 0.6) is 11.5 Å². The van der Waals surface area contributed by atoms with Crippen LogP contribution in [0, 0.1) is 0 Å². The molecule has 0 saturated carbocycles. The summed E-state index contributed by atoms with van der Waals surface area (Å²) >= 11 is 0. The van der Waals surface area contributed by atoms with Crippen molar-refractivity contribution in [3.63, 3.8) is 0 Å². The van der Waals surface area contributed by atoms with Gasteiger partial charge in [0.2, 0.25) is 0 Å². The molecule has 150 valence electrons. The molecule has 0 radical (unpaired) electrons. The molecule has 1 N–H and O–H groups in total. The number of ether oxygens (including phenoxy) is 3. The van der Waals surface area contributed by atoms with Crippen LogP contribution in [0.15, 0.2) is 42.5 Å². The van der Waals surface area contributed by atoms with Crippen molar-refractivity contribution >= 4 is 17.9 Å². The summed E-state index contributed by atoms with van der Waals surface area (Å²) in [5, 5.41) is 2.78. The first-order valence-electron chi connectivity index (χ1n) is 9.14. The molecule has 8 heteroatoms. The third-order valence-corrected chi connectivity index (χ3v) is 5.11. The molecule has 1 fully saturated rings. The minimum absolute atomic E-state index is 0.0895. The first-order valence-corrected chi connectivity index (χ1v) is 9.14. The molecule has 2 aliphatic heterocycles. The smallest absolute Gasteiger partial charge is 0.337 e. The second-order valence-electron chi connectivity index (χ2n) is 6.99. The predicted octanol–water partition coefficient (Wildman–Crippen LogP) is 2.21. The Bertz CT molecular complexity index is 987. The van der Waals surface area contributed by atoms with E-state index in [9.17, 15) is 14.4 Å². The summed E-state index contributed by atoms with van der Waals surface area (Å²) in [4.78, 5) is 38.4. The van der Waals surface area contributed by atoms with Gasteiger partial charge in [-0.1, -0.05) is 18.2 Å². The molecule has 8 nitrogen and oxygen atoms in total. The van der Waals surface area contributed by atoms with E-state index < -0.39 is 17.5 Å². The highest BCUT2D eigenvalue weighted by atomic mass is 16.6. The van der Waals surface area contributed by atoms with Crippen LogP contribution < -0.4 is 14.8 Å². The number of hydrogen-bond donors (Lipinski definition) is 1. The van der Waals surface area contributed by atoms with Crippen LogP contribution in [0.4, 0.5) is 4.79 Å². The molecule has 1 saturated heterocycles. The zero-order valence-corrected chi connectivity index (χ0v) is 16.1. The van der Waals surface area contributed by atoms with Crippen LogP contribution in [0.25, 0.3) is 0 Å². The molecule has 0 bridgehead atoms. The number of nitrogens with one attached hydrogen (secondary N) is 1. The SMILES string of the molecule is COC(=O)c1ccc(CN2C(=O)N[C@](C)(c3ccc4c(c3)OCCO4)C2=O)cc1. The number of nitrogens with zero attached hydrogens (tertiary/aromatic N) is 1. The summed E-state index contributed by atoms with van der Waals surface area (Å²) in [6, 6.07) is 11.3. The molecular weight excluding hydrogens is 376 g/mol. The van der Waals surface area contributed by atoms with Crippen LogP contribution in [0.1, 0.15) is 28.4 Å². The van der Waals surface area contributed by atoms with Crippen LogP contribution in [0.2, 0.25) is 0 Å². The topological polar surface area (TPSA) is 94.2 Å². The monoisotopic (exact) mass is 396 g/mol. The number of carbonyl (C=O) groups excluding carboxylic acids is 3. The molecule has 3 amide bonds. The van der Waals surface area contributed by atoms with Gasteiger partial charge in [-0.2, -0.15) is 0 Å². The quantitative estimate of drug-likeness (QED) is 0.629. The molecule has 0 aromatic heterocycles. The molecular formula is C21H20N2O6. The van der Waals surface area contributed by atoms with Crippen LogP contribution in [-0.2, 0) is 21.6 Å². The highest BCUT2D eigenvalue weighted by molar-refractivity contribution is 6.07. The minimum Gasteiger partial charge on any atom is -0.486 e.